The van der Waals surface area contributed by atoms with Gasteiger partial charge in [0.1, 0.15) is 11.3 Å². The molecule has 0 saturated heterocycles. The van der Waals surface area contributed by atoms with Crippen molar-refractivity contribution in [2.45, 2.75) is 13.0 Å². The van der Waals surface area contributed by atoms with E-state index in [1.165, 1.54) is 0 Å². The summed E-state index contributed by atoms with van der Waals surface area (Å²) in [5.74, 6) is 0.442. The molecule has 0 saturated carbocycles. The zero-order valence-electron chi connectivity index (χ0n) is 15.7. The van der Waals surface area contributed by atoms with Crippen molar-refractivity contribution in [1.29, 1.82) is 0 Å². The van der Waals surface area contributed by atoms with Crippen LogP contribution in [0.2, 0.25) is 0 Å². The molecule has 2 aromatic carbocycles. The Morgan fingerprint density at radius 1 is 1.22 bits per heavy atom. The van der Waals surface area contributed by atoms with E-state index < -0.39 is 0 Å². The second-order valence-corrected chi connectivity index (χ2v) is 6.47. The average Bonchev–Trinajstić information content (AvgIpc) is 3.10. The van der Waals surface area contributed by atoms with Crippen LogP contribution in [0, 0.1) is 0 Å². The highest BCUT2D eigenvalue weighted by atomic mass is 16.6. The maximum Gasteiger partial charge on any atom is 0.261 e. The minimum absolute atomic E-state index is 0.156. The molecule has 0 aliphatic carbocycles. The molecule has 1 N–H and O–H groups in total. The summed E-state index contributed by atoms with van der Waals surface area (Å²) < 4.78 is 5.75. The summed E-state index contributed by atoms with van der Waals surface area (Å²) in [4.78, 5) is 19.1. The Morgan fingerprint density at radius 3 is 2.67 bits per heavy atom. The van der Waals surface area contributed by atoms with E-state index in [0.29, 0.717) is 5.76 Å². The summed E-state index contributed by atoms with van der Waals surface area (Å²) in [6.07, 6.45) is 1.58. The maximum atomic E-state index is 12.0. The first-order valence-corrected chi connectivity index (χ1v) is 8.73. The van der Waals surface area contributed by atoms with Crippen LogP contribution in [-0.2, 0) is 9.63 Å². The largest absolute Gasteiger partial charge is 0.459 e. The minimum Gasteiger partial charge on any atom is -0.459 e. The average molecular weight is 365 g/mol. The minimum atomic E-state index is -0.261. The summed E-state index contributed by atoms with van der Waals surface area (Å²) >= 11 is 0. The fourth-order valence-electron chi connectivity index (χ4n) is 2.62. The zero-order chi connectivity index (χ0) is 19.2. The van der Waals surface area contributed by atoms with E-state index in [0.717, 1.165) is 22.2 Å². The summed E-state index contributed by atoms with van der Waals surface area (Å²) in [5, 5.41) is 7.70. The highest BCUT2D eigenvalue weighted by molar-refractivity contribution is 5.81. The quantitative estimate of drug-likeness (QED) is 0.512. The molecule has 1 unspecified atom stereocenters. The number of oxime groups is 1. The van der Waals surface area contributed by atoms with Crippen molar-refractivity contribution in [3.05, 3.63) is 65.9 Å². The van der Waals surface area contributed by atoms with Gasteiger partial charge in [-0.25, -0.2) is 0 Å². The number of nitrogens with zero attached hydrogens (tertiary/aromatic N) is 2. The first kappa shape index (κ1) is 18.5. The lowest BCUT2D eigenvalue weighted by atomic mass is 10.2. The molecule has 0 fully saturated rings. The maximum absolute atomic E-state index is 12.0. The Morgan fingerprint density at radius 2 is 1.96 bits per heavy atom. The van der Waals surface area contributed by atoms with Gasteiger partial charge in [0, 0.05) is 25.2 Å². The molecule has 27 heavy (non-hydrogen) atoms. The summed E-state index contributed by atoms with van der Waals surface area (Å²) in [6, 6.07) is 17.3. The number of rotatable bonds is 7. The number of fused-ring (bicyclic) bond motifs is 1. The van der Waals surface area contributed by atoms with Crippen LogP contribution >= 0.6 is 0 Å². The molecule has 6 heteroatoms. The lowest BCUT2D eigenvalue weighted by molar-refractivity contribution is -0.126. The summed E-state index contributed by atoms with van der Waals surface area (Å²) in [7, 11) is 3.97. The van der Waals surface area contributed by atoms with Crippen molar-refractivity contribution in [2.75, 3.05) is 25.6 Å². The zero-order valence-corrected chi connectivity index (χ0v) is 15.7. The number of hydrogen-bond donors (Lipinski definition) is 1. The lowest BCUT2D eigenvalue weighted by Gasteiger charge is -2.11. The number of furan rings is 1. The third-order valence-corrected chi connectivity index (χ3v) is 4.13. The number of carbonyl (C=O) groups is 1. The second kappa shape index (κ2) is 8.40. The molecular weight excluding hydrogens is 342 g/mol. The van der Waals surface area contributed by atoms with Crippen LogP contribution in [0.4, 0.5) is 5.69 Å². The molecule has 3 rings (SSSR count). The van der Waals surface area contributed by atoms with Crippen LogP contribution in [0.5, 0.6) is 0 Å². The molecule has 1 amide bonds. The third kappa shape index (κ3) is 4.88. The normalized spacial score (nSPS) is 12.3. The first-order valence-electron chi connectivity index (χ1n) is 8.73. The van der Waals surface area contributed by atoms with Crippen LogP contribution in [0.25, 0.3) is 11.0 Å². The smallest absolute Gasteiger partial charge is 0.261 e. The summed E-state index contributed by atoms with van der Waals surface area (Å²) in [6.45, 7) is 1.71. The number of benzene rings is 2. The predicted octanol–water partition coefficient (Wildman–Crippen LogP) is 3.73. The van der Waals surface area contributed by atoms with E-state index in [1.54, 1.807) is 6.21 Å². The van der Waals surface area contributed by atoms with Crippen LogP contribution in [0.1, 0.15) is 24.3 Å². The molecule has 0 aliphatic heterocycles. The molecular formula is C21H23N3O3. The van der Waals surface area contributed by atoms with E-state index in [4.69, 9.17) is 9.25 Å². The van der Waals surface area contributed by atoms with Crippen molar-refractivity contribution in [3.8, 4) is 0 Å². The van der Waals surface area contributed by atoms with E-state index >= 15 is 0 Å². The van der Waals surface area contributed by atoms with Crippen LogP contribution in [-0.4, -0.2) is 32.8 Å². The molecule has 0 aliphatic rings. The predicted molar refractivity (Wildman–Crippen MR) is 107 cm³/mol. The number of para-hydroxylation sites is 1. The monoisotopic (exact) mass is 365 g/mol. The number of hydrogen-bond acceptors (Lipinski definition) is 5. The Kier molecular flexibility index (Phi) is 5.76. The van der Waals surface area contributed by atoms with Crippen molar-refractivity contribution < 1.29 is 14.0 Å². The van der Waals surface area contributed by atoms with Gasteiger partial charge >= 0.3 is 0 Å². The van der Waals surface area contributed by atoms with E-state index in [2.05, 4.69) is 10.5 Å². The molecule has 1 aromatic heterocycles. The molecule has 1 heterocycles. The van der Waals surface area contributed by atoms with Gasteiger partial charge in [0.15, 0.2) is 6.61 Å². The van der Waals surface area contributed by atoms with Gasteiger partial charge in [0.05, 0.1) is 12.3 Å². The lowest BCUT2D eigenvalue weighted by Crippen LogP contribution is -2.29. The first-order chi connectivity index (χ1) is 13.0. The van der Waals surface area contributed by atoms with Crippen molar-refractivity contribution in [3.63, 3.8) is 0 Å². The highest BCUT2D eigenvalue weighted by Gasteiger charge is 2.14. The molecule has 0 radical (unpaired) electrons. The molecule has 0 spiro atoms. The van der Waals surface area contributed by atoms with E-state index in [-0.39, 0.29) is 18.6 Å². The van der Waals surface area contributed by atoms with Crippen molar-refractivity contribution in [2.24, 2.45) is 5.16 Å². The van der Waals surface area contributed by atoms with Gasteiger partial charge in [-0.2, -0.15) is 0 Å². The van der Waals surface area contributed by atoms with Gasteiger partial charge in [-0.05, 0) is 36.8 Å². The van der Waals surface area contributed by atoms with Gasteiger partial charge in [0.25, 0.3) is 5.91 Å². The number of amides is 1. The molecule has 3 aromatic rings. The molecule has 0 bridgehead atoms. The molecule has 6 nitrogen and oxygen atoms in total. The SMILES string of the molecule is CC(NC(=O)CO/N=C/c1ccc(N(C)C)cc1)c1cc2ccccc2o1. The number of anilines is 1. The van der Waals surface area contributed by atoms with Crippen LogP contribution in [0.15, 0.2) is 64.2 Å². The van der Waals surface area contributed by atoms with Gasteiger partial charge in [-0.1, -0.05) is 35.5 Å². The Labute approximate surface area is 158 Å². The van der Waals surface area contributed by atoms with Gasteiger partial charge in [-0.3, -0.25) is 4.79 Å². The topological polar surface area (TPSA) is 67.1 Å². The Hall–Kier alpha value is -3.28. The van der Waals surface area contributed by atoms with Crippen LogP contribution < -0.4 is 10.2 Å². The molecule has 1 atom stereocenters. The third-order valence-electron chi connectivity index (χ3n) is 4.13. The van der Waals surface area contributed by atoms with Crippen molar-refractivity contribution >= 4 is 28.8 Å². The van der Waals surface area contributed by atoms with Crippen LogP contribution in [0.3, 0.4) is 0 Å². The number of carbonyl (C=O) groups excluding carboxylic acids is 1. The fourth-order valence-corrected chi connectivity index (χ4v) is 2.62. The van der Waals surface area contributed by atoms with E-state index in [1.807, 2.05) is 80.5 Å². The second-order valence-electron chi connectivity index (χ2n) is 6.47. The fraction of sp³-hybridized carbons (Fsp3) is 0.238. The summed E-state index contributed by atoms with van der Waals surface area (Å²) in [5.41, 5.74) is 2.80. The molecule has 140 valence electrons. The Balaban J connectivity index is 1.47. The van der Waals surface area contributed by atoms with Gasteiger partial charge < -0.3 is 19.5 Å². The van der Waals surface area contributed by atoms with Gasteiger partial charge in [0.2, 0.25) is 0 Å². The standard InChI is InChI=1S/C21H23N3O3/c1-15(20-12-17-6-4-5-7-19(17)27-20)23-21(25)14-26-22-13-16-8-10-18(11-9-16)24(2)3/h4-13,15H,14H2,1-3H3,(H,23,25)/b22-13+. The van der Waals surface area contributed by atoms with Gasteiger partial charge in [-0.15, -0.1) is 0 Å². The van der Waals surface area contributed by atoms with Crippen molar-refractivity contribution in [1.82, 2.24) is 5.32 Å². The number of nitrogens with one attached hydrogen (secondary N) is 1. The van der Waals surface area contributed by atoms with E-state index in [9.17, 15) is 4.79 Å². The Bertz CT molecular complexity index is 896. The highest BCUT2D eigenvalue weighted by Crippen LogP contribution is 2.23.